The van der Waals surface area contributed by atoms with E-state index in [0.717, 1.165) is 36.5 Å². The Balaban J connectivity index is 1.82. The molecule has 5 nitrogen and oxygen atoms in total. The Bertz CT molecular complexity index is 1140. The number of aromatic amines is 1. The summed E-state index contributed by atoms with van der Waals surface area (Å²) in [5.74, 6) is -1.09. The van der Waals surface area contributed by atoms with Gasteiger partial charge in [-0.15, -0.1) is 0 Å². The molecule has 1 aromatic heterocycles. The maximum atomic E-state index is 13.2. The van der Waals surface area contributed by atoms with Crippen LogP contribution in [0.1, 0.15) is 37.8 Å². The van der Waals surface area contributed by atoms with E-state index >= 15 is 0 Å². The highest BCUT2D eigenvalue weighted by atomic mass is 32.2. The van der Waals surface area contributed by atoms with E-state index in [1.165, 1.54) is 18.7 Å². The van der Waals surface area contributed by atoms with Crippen molar-refractivity contribution in [3.05, 3.63) is 53.7 Å². The summed E-state index contributed by atoms with van der Waals surface area (Å²) < 4.78 is 102. The smallest absolute Gasteiger partial charge is 0.247 e. The Labute approximate surface area is 186 Å². The molecular formula is C21H21F6N2O3S+. The van der Waals surface area contributed by atoms with Crippen LogP contribution in [0.25, 0.3) is 0 Å². The Morgan fingerprint density at radius 1 is 0.970 bits per heavy atom. The van der Waals surface area contributed by atoms with Crippen LogP contribution in [-0.4, -0.2) is 25.6 Å². The fourth-order valence-corrected chi connectivity index (χ4v) is 5.59. The third-order valence-electron chi connectivity index (χ3n) is 5.99. The molecule has 180 valence electrons. The van der Waals surface area contributed by atoms with Crippen LogP contribution in [0.5, 0.6) is 0 Å². The molecule has 0 saturated carbocycles. The van der Waals surface area contributed by atoms with E-state index in [2.05, 4.69) is 4.98 Å². The van der Waals surface area contributed by atoms with Crippen LogP contribution < -0.4 is 9.88 Å². The summed E-state index contributed by atoms with van der Waals surface area (Å²) in [7, 11) is -4.25. The SMILES string of the molecule is CC(C)(C1CCN(c2ccc(C(F)(F)F)c[nH+]2)C(=O)C1)S(=O)(=O)c1cccc(C(F)(F)F)c1. The van der Waals surface area contributed by atoms with Crippen molar-refractivity contribution in [1.29, 1.82) is 0 Å². The summed E-state index contributed by atoms with van der Waals surface area (Å²) in [6.07, 6.45) is -8.58. The highest BCUT2D eigenvalue weighted by molar-refractivity contribution is 7.92. The number of anilines is 1. The third kappa shape index (κ3) is 4.85. The van der Waals surface area contributed by atoms with Crippen molar-refractivity contribution < 1.29 is 44.5 Å². The second-order valence-electron chi connectivity index (χ2n) is 8.33. The number of H-pyrrole nitrogens is 1. The van der Waals surface area contributed by atoms with Crippen LogP contribution in [0.3, 0.4) is 0 Å². The lowest BCUT2D eigenvalue weighted by atomic mass is 9.85. The number of carbonyl (C=O) groups excluding carboxylic acids is 1. The highest BCUT2D eigenvalue weighted by Crippen LogP contribution is 2.40. The van der Waals surface area contributed by atoms with Crippen LogP contribution in [0, 0.1) is 5.92 Å². The molecule has 0 radical (unpaired) electrons. The van der Waals surface area contributed by atoms with Gasteiger partial charge in [0.2, 0.25) is 0 Å². The first kappa shape index (κ1) is 25.0. The van der Waals surface area contributed by atoms with Gasteiger partial charge in [0, 0.05) is 6.07 Å². The number of nitrogens with one attached hydrogen (secondary N) is 1. The minimum absolute atomic E-state index is 0.0346. The molecule has 0 aliphatic carbocycles. The van der Waals surface area contributed by atoms with Gasteiger partial charge in [-0.3, -0.25) is 0 Å². The number of piperidine rings is 1. The molecule has 1 aromatic carbocycles. The lowest BCUT2D eigenvalue weighted by Gasteiger charge is -2.37. The van der Waals surface area contributed by atoms with Gasteiger partial charge in [-0.25, -0.2) is 18.2 Å². The average molecular weight is 495 g/mol. The van der Waals surface area contributed by atoms with Gasteiger partial charge < -0.3 is 0 Å². The van der Waals surface area contributed by atoms with Crippen molar-refractivity contribution in [1.82, 2.24) is 0 Å². The van der Waals surface area contributed by atoms with Crippen molar-refractivity contribution in [3.63, 3.8) is 0 Å². The standard InChI is InChI=1S/C21H20F6N2O3S/c1-19(2,33(31,32)16-5-3-4-14(10-16)20(22,23)24)13-8-9-29(18(30)11-13)17-7-6-15(12-28-17)21(25,26)27/h3-7,10,12-13H,8-9,11H2,1-2H3/p+1. The number of carbonyl (C=O) groups is 1. The number of rotatable bonds is 4. The van der Waals surface area contributed by atoms with Gasteiger partial charge in [0.25, 0.3) is 5.82 Å². The van der Waals surface area contributed by atoms with E-state index in [9.17, 15) is 39.6 Å². The summed E-state index contributed by atoms with van der Waals surface area (Å²) >= 11 is 0. The zero-order valence-corrected chi connectivity index (χ0v) is 18.4. The normalized spacial score (nSPS) is 18.5. The predicted octanol–water partition coefficient (Wildman–Crippen LogP) is 4.53. The second-order valence-corrected chi connectivity index (χ2v) is 10.9. The molecule has 1 saturated heterocycles. The Hall–Kier alpha value is -2.63. The number of alkyl halides is 6. The van der Waals surface area contributed by atoms with E-state index in [1.54, 1.807) is 0 Å². The molecule has 1 fully saturated rings. The van der Waals surface area contributed by atoms with Gasteiger partial charge in [-0.2, -0.15) is 31.2 Å². The molecule has 1 N–H and O–H groups in total. The van der Waals surface area contributed by atoms with Gasteiger partial charge in [-0.05, 0) is 50.5 Å². The Morgan fingerprint density at radius 2 is 1.61 bits per heavy atom. The molecule has 1 aliphatic rings. The molecule has 3 rings (SSSR count). The van der Waals surface area contributed by atoms with Crippen molar-refractivity contribution in [2.45, 2.75) is 48.7 Å². The van der Waals surface area contributed by atoms with Gasteiger partial charge >= 0.3 is 18.3 Å². The number of aromatic nitrogens is 1. The van der Waals surface area contributed by atoms with Crippen molar-refractivity contribution in [2.75, 3.05) is 11.4 Å². The number of pyridine rings is 1. The van der Waals surface area contributed by atoms with Gasteiger partial charge in [0.15, 0.2) is 9.84 Å². The molecule has 1 atom stereocenters. The number of hydrogen-bond acceptors (Lipinski definition) is 3. The first-order valence-electron chi connectivity index (χ1n) is 9.86. The molecule has 12 heteroatoms. The summed E-state index contributed by atoms with van der Waals surface area (Å²) in [6.45, 7) is 2.76. The number of hydrogen-bond donors (Lipinski definition) is 0. The number of nitrogens with zero attached hydrogens (tertiary/aromatic N) is 1. The minimum Gasteiger partial charge on any atom is -0.247 e. The quantitative estimate of drug-likeness (QED) is 0.586. The molecule has 1 aliphatic heterocycles. The first-order chi connectivity index (χ1) is 15.0. The molecule has 0 bridgehead atoms. The predicted molar refractivity (Wildman–Crippen MR) is 106 cm³/mol. The topological polar surface area (TPSA) is 68.6 Å². The van der Waals surface area contributed by atoms with Crippen molar-refractivity contribution in [3.8, 4) is 0 Å². The van der Waals surface area contributed by atoms with Crippen LogP contribution >= 0.6 is 0 Å². The number of benzene rings is 1. The fraction of sp³-hybridized carbons (Fsp3) is 0.429. The fourth-order valence-electron chi connectivity index (χ4n) is 3.80. The summed E-state index contributed by atoms with van der Waals surface area (Å²) in [5, 5.41) is 0. The maximum Gasteiger partial charge on any atom is 0.419 e. The molecule has 2 aromatic rings. The molecular weight excluding hydrogens is 474 g/mol. The Morgan fingerprint density at radius 3 is 2.12 bits per heavy atom. The second kappa shape index (κ2) is 8.30. The largest absolute Gasteiger partial charge is 0.419 e. The van der Waals surface area contributed by atoms with Gasteiger partial charge in [0.1, 0.15) is 6.20 Å². The van der Waals surface area contributed by atoms with E-state index in [-0.39, 0.29) is 25.2 Å². The highest BCUT2D eigenvalue weighted by Gasteiger charge is 2.48. The molecule has 2 heterocycles. The minimum atomic E-state index is -4.71. The zero-order chi connectivity index (χ0) is 24.8. The molecule has 1 amide bonds. The average Bonchev–Trinajstić information content (AvgIpc) is 2.72. The van der Waals surface area contributed by atoms with Crippen LogP contribution in [-0.2, 0) is 27.0 Å². The lowest BCUT2D eigenvalue weighted by Crippen LogP contribution is -2.49. The summed E-state index contributed by atoms with van der Waals surface area (Å²) in [4.78, 5) is 15.9. The van der Waals surface area contributed by atoms with Crippen molar-refractivity contribution >= 4 is 21.6 Å². The maximum absolute atomic E-state index is 13.2. The van der Waals surface area contributed by atoms with Crippen LogP contribution in [0.2, 0.25) is 0 Å². The van der Waals surface area contributed by atoms with E-state index in [4.69, 9.17) is 0 Å². The van der Waals surface area contributed by atoms with E-state index < -0.39 is 54.8 Å². The van der Waals surface area contributed by atoms with Gasteiger partial charge in [0.05, 0.1) is 33.7 Å². The third-order valence-corrected chi connectivity index (χ3v) is 8.58. The summed E-state index contributed by atoms with van der Waals surface area (Å²) in [5.41, 5.74) is -2.01. The van der Waals surface area contributed by atoms with Crippen LogP contribution in [0.15, 0.2) is 47.5 Å². The summed E-state index contributed by atoms with van der Waals surface area (Å²) in [6, 6.07) is 5.39. The number of sulfone groups is 1. The van der Waals surface area contributed by atoms with E-state index in [1.807, 2.05) is 0 Å². The number of amides is 1. The molecule has 0 spiro atoms. The monoisotopic (exact) mass is 495 g/mol. The number of halogens is 6. The van der Waals surface area contributed by atoms with Crippen molar-refractivity contribution in [2.24, 2.45) is 5.92 Å². The Kier molecular flexibility index (Phi) is 6.29. The molecule has 33 heavy (non-hydrogen) atoms. The van der Waals surface area contributed by atoms with Gasteiger partial charge in [-0.1, -0.05) is 6.07 Å². The van der Waals surface area contributed by atoms with Crippen LogP contribution in [0.4, 0.5) is 32.2 Å². The van der Waals surface area contributed by atoms with E-state index in [0.29, 0.717) is 6.07 Å². The molecule has 1 unspecified atom stereocenters. The first-order valence-corrected chi connectivity index (χ1v) is 11.3. The lowest BCUT2D eigenvalue weighted by molar-refractivity contribution is -0.367. The zero-order valence-electron chi connectivity index (χ0n) is 17.6.